The van der Waals surface area contributed by atoms with E-state index in [2.05, 4.69) is 4.74 Å². The molecule has 1 unspecified atom stereocenters. The summed E-state index contributed by atoms with van der Waals surface area (Å²) in [7, 11) is 1.53. The molecule has 3 aromatic carbocycles. The molecule has 0 heterocycles. The predicted octanol–water partition coefficient (Wildman–Crippen LogP) is 5.83. The average Bonchev–Trinajstić information content (AvgIpc) is 2.78. The van der Waals surface area contributed by atoms with Crippen molar-refractivity contribution in [1.29, 1.82) is 0 Å². The molecule has 3 aromatic rings. The number of ether oxygens (including phenoxy) is 3. The summed E-state index contributed by atoms with van der Waals surface area (Å²) in [6.45, 7) is 0.711. The highest BCUT2D eigenvalue weighted by atomic mass is 19.4. The van der Waals surface area contributed by atoms with Gasteiger partial charge in [-0.15, -0.1) is 0 Å². The van der Waals surface area contributed by atoms with E-state index in [1.807, 2.05) is 0 Å². The van der Waals surface area contributed by atoms with Gasteiger partial charge in [-0.2, -0.15) is 13.2 Å². The van der Waals surface area contributed by atoms with Crippen molar-refractivity contribution in [3.05, 3.63) is 83.7 Å². The molecule has 1 atom stereocenters. The Hall–Kier alpha value is -3.88. The number of alkyl halides is 3. The molecule has 0 fully saturated rings. The van der Waals surface area contributed by atoms with Crippen molar-refractivity contribution < 1.29 is 41.4 Å². The third-order valence-electron chi connectivity index (χ3n) is 4.66. The second kappa shape index (κ2) is 9.72. The first-order valence-electron chi connectivity index (χ1n) is 9.62. The summed E-state index contributed by atoms with van der Waals surface area (Å²) >= 11 is 0. The molecular weight excluding hydrogens is 444 g/mol. The van der Waals surface area contributed by atoms with Gasteiger partial charge >= 0.3 is 18.1 Å². The molecule has 9 heteroatoms. The number of hydrogen-bond acceptors (Lipinski definition) is 5. The van der Waals surface area contributed by atoms with E-state index in [0.29, 0.717) is 18.2 Å². The predicted molar refractivity (Wildman–Crippen MR) is 111 cm³/mol. The van der Waals surface area contributed by atoms with Crippen molar-refractivity contribution in [2.75, 3.05) is 7.11 Å². The van der Waals surface area contributed by atoms with Gasteiger partial charge in [0.1, 0.15) is 17.3 Å². The van der Waals surface area contributed by atoms with Gasteiger partial charge in [-0.25, -0.2) is 14.0 Å². The first kappa shape index (κ1) is 23.8. The lowest BCUT2D eigenvalue weighted by atomic mass is 10.0. The van der Waals surface area contributed by atoms with Crippen LogP contribution in [0.4, 0.5) is 17.6 Å². The Bertz CT molecular complexity index is 1140. The van der Waals surface area contributed by atoms with Crippen LogP contribution in [0.3, 0.4) is 0 Å². The minimum Gasteiger partial charge on any atom is -0.497 e. The zero-order chi connectivity index (χ0) is 24.2. The zero-order valence-electron chi connectivity index (χ0n) is 17.5. The van der Waals surface area contributed by atoms with Crippen molar-refractivity contribution in [2.24, 2.45) is 0 Å². The minimum absolute atomic E-state index is 0.0287. The van der Waals surface area contributed by atoms with Crippen LogP contribution < -0.4 is 9.47 Å². The van der Waals surface area contributed by atoms with E-state index >= 15 is 0 Å². The van der Waals surface area contributed by atoms with Gasteiger partial charge in [0.2, 0.25) is 0 Å². The molecule has 0 saturated carbocycles. The topological polar surface area (TPSA) is 61.8 Å². The fraction of sp³-hybridized carbons (Fsp3) is 0.167. The summed E-state index contributed by atoms with van der Waals surface area (Å²) in [5.41, 5.74) is 0.787. The smallest absolute Gasteiger partial charge is 0.425 e. The Kier molecular flexibility index (Phi) is 7.01. The summed E-state index contributed by atoms with van der Waals surface area (Å²) in [5, 5.41) is 0. The maximum atomic E-state index is 14.5. The molecule has 5 nitrogen and oxygen atoms in total. The molecule has 3 rings (SSSR count). The molecule has 0 aliphatic carbocycles. The Balaban J connectivity index is 1.67. The van der Waals surface area contributed by atoms with E-state index in [9.17, 15) is 27.2 Å². The van der Waals surface area contributed by atoms with E-state index in [4.69, 9.17) is 9.47 Å². The molecule has 0 aliphatic heterocycles. The number of halogens is 4. The van der Waals surface area contributed by atoms with Gasteiger partial charge in [0.15, 0.2) is 6.10 Å². The summed E-state index contributed by atoms with van der Waals surface area (Å²) in [5.74, 6) is -2.34. The van der Waals surface area contributed by atoms with E-state index in [-0.39, 0.29) is 16.9 Å². The van der Waals surface area contributed by atoms with Crippen LogP contribution in [0.5, 0.6) is 11.5 Å². The van der Waals surface area contributed by atoms with Gasteiger partial charge in [0.25, 0.3) is 0 Å². The van der Waals surface area contributed by atoms with Crippen LogP contribution in [-0.4, -0.2) is 31.3 Å². The molecule has 33 heavy (non-hydrogen) atoms. The van der Waals surface area contributed by atoms with Gasteiger partial charge in [0, 0.05) is 0 Å². The number of carbonyl (C=O) groups is 2. The molecular formula is C24H18F4O5. The highest BCUT2D eigenvalue weighted by molar-refractivity contribution is 5.92. The molecule has 0 aromatic heterocycles. The molecule has 0 aliphatic rings. The van der Waals surface area contributed by atoms with Gasteiger partial charge < -0.3 is 14.2 Å². The van der Waals surface area contributed by atoms with Crippen LogP contribution in [0.1, 0.15) is 27.6 Å². The summed E-state index contributed by atoms with van der Waals surface area (Å²) in [4.78, 5) is 24.1. The zero-order valence-corrected chi connectivity index (χ0v) is 17.5. The van der Waals surface area contributed by atoms with Crippen LogP contribution in [0.25, 0.3) is 11.1 Å². The molecule has 0 saturated heterocycles. The number of methoxy groups -OCH3 is 1. The number of hydrogen-bond donors (Lipinski definition) is 0. The van der Waals surface area contributed by atoms with Crippen molar-refractivity contribution >= 4 is 11.9 Å². The molecule has 172 valence electrons. The lowest BCUT2D eigenvalue weighted by Gasteiger charge is -2.16. The van der Waals surface area contributed by atoms with E-state index in [0.717, 1.165) is 17.7 Å². The maximum Gasteiger partial charge on any atom is 0.425 e. The average molecular weight is 462 g/mol. The molecule has 0 amide bonds. The maximum absolute atomic E-state index is 14.5. The van der Waals surface area contributed by atoms with Gasteiger partial charge in [0.05, 0.1) is 18.2 Å². The first-order valence-corrected chi connectivity index (χ1v) is 9.62. The van der Waals surface area contributed by atoms with Gasteiger partial charge in [-0.1, -0.05) is 18.2 Å². The standard InChI is InChI=1S/C24H18F4O5/c1-14(24(26,27)28)32-22(29)16-5-10-19(11-6-16)33-23(30)20-12-7-17(13-21(20)25)15-3-8-18(31-2)9-4-15/h3-14H,1-2H3. The fourth-order valence-electron chi connectivity index (χ4n) is 2.76. The number of benzene rings is 3. The van der Waals surface area contributed by atoms with Crippen LogP contribution in [0.15, 0.2) is 66.7 Å². The Labute approximate surface area is 186 Å². The Morgan fingerprint density at radius 2 is 1.39 bits per heavy atom. The summed E-state index contributed by atoms with van der Waals surface area (Å²) in [6, 6.07) is 15.6. The molecule has 0 radical (unpaired) electrons. The van der Waals surface area contributed by atoms with Crippen LogP contribution >= 0.6 is 0 Å². The molecule has 0 spiro atoms. The number of rotatable bonds is 6. The van der Waals surface area contributed by atoms with Crippen LogP contribution in [-0.2, 0) is 4.74 Å². The van der Waals surface area contributed by atoms with Crippen LogP contribution in [0.2, 0.25) is 0 Å². The van der Waals surface area contributed by atoms with E-state index in [1.54, 1.807) is 30.3 Å². The fourth-order valence-corrected chi connectivity index (χ4v) is 2.76. The molecule has 0 bridgehead atoms. The normalized spacial score (nSPS) is 12.1. The van der Waals surface area contributed by atoms with Gasteiger partial charge in [-0.05, 0) is 66.6 Å². The minimum atomic E-state index is -4.68. The lowest BCUT2D eigenvalue weighted by Crippen LogP contribution is -2.30. The first-order chi connectivity index (χ1) is 15.6. The Morgan fingerprint density at radius 3 is 1.94 bits per heavy atom. The third-order valence-corrected chi connectivity index (χ3v) is 4.66. The summed E-state index contributed by atoms with van der Waals surface area (Å²) < 4.78 is 66.6. The Morgan fingerprint density at radius 1 is 0.818 bits per heavy atom. The largest absolute Gasteiger partial charge is 0.497 e. The summed E-state index contributed by atoms with van der Waals surface area (Å²) in [6.07, 6.45) is -6.95. The van der Waals surface area contributed by atoms with E-state index < -0.39 is 30.0 Å². The molecule has 0 N–H and O–H groups in total. The van der Waals surface area contributed by atoms with Gasteiger partial charge in [-0.3, -0.25) is 0 Å². The quantitative estimate of drug-likeness (QED) is 0.262. The van der Waals surface area contributed by atoms with Crippen LogP contribution in [0, 0.1) is 5.82 Å². The van der Waals surface area contributed by atoms with Crippen molar-refractivity contribution in [2.45, 2.75) is 19.2 Å². The second-order valence-electron chi connectivity index (χ2n) is 6.93. The highest BCUT2D eigenvalue weighted by Crippen LogP contribution is 2.26. The van der Waals surface area contributed by atoms with Crippen molar-refractivity contribution in [3.63, 3.8) is 0 Å². The lowest BCUT2D eigenvalue weighted by molar-refractivity contribution is -0.198. The highest BCUT2D eigenvalue weighted by Gasteiger charge is 2.39. The SMILES string of the molecule is COc1ccc(-c2ccc(C(=O)Oc3ccc(C(=O)OC(C)C(F)(F)F)cc3)c(F)c2)cc1. The third kappa shape index (κ3) is 5.88. The monoisotopic (exact) mass is 462 g/mol. The number of carbonyl (C=O) groups excluding carboxylic acids is 2. The second-order valence-corrected chi connectivity index (χ2v) is 6.93. The van der Waals surface area contributed by atoms with Crippen molar-refractivity contribution in [1.82, 2.24) is 0 Å². The number of esters is 2. The van der Waals surface area contributed by atoms with Crippen molar-refractivity contribution in [3.8, 4) is 22.6 Å². The van der Waals surface area contributed by atoms with E-state index in [1.165, 1.54) is 31.4 Å².